The average Bonchev–Trinajstić information content (AvgIpc) is 2.40. The fourth-order valence-corrected chi connectivity index (χ4v) is 2.06. The van der Waals surface area contributed by atoms with Gasteiger partial charge in [0, 0.05) is 17.5 Å². The monoisotopic (exact) mass is 318 g/mol. The second-order valence-corrected chi connectivity index (χ2v) is 4.04. The molecule has 0 saturated heterocycles. The Kier molecular flexibility index (Phi) is 3.66. The predicted octanol–water partition coefficient (Wildman–Crippen LogP) is 1.96. The molecule has 0 unspecified atom stereocenters. The zero-order chi connectivity index (χ0) is 12.5. The molecule has 0 atom stereocenters. The van der Waals surface area contributed by atoms with Gasteiger partial charge in [0.2, 0.25) is 0 Å². The zero-order valence-corrected chi connectivity index (χ0v) is 11.8. The molecule has 0 aliphatic heterocycles. The first-order chi connectivity index (χ1) is 8.77. The van der Waals surface area contributed by atoms with Gasteiger partial charge in [0.1, 0.15) is 5.69 Å². The number of aromatic nitrogens is 2. The van der Waals surface area contributed by atoms with Crippen LogP contribution in [0.3, 0.4) is 0 Å². The molecular formula is C14H13BrN3O+. The maximum Gasteiger partial charge on any atom is 0.323 e. The largest absolute Gasteiger partial charge is 0.393 e. The lowest BCUT2D eigenvalue weighted by Gasteiger charge is -2.03. The lowest BCUT2D eigenvalue weighted by molar-refractivity contribution is -0.595. The molecule has 0 fully saturated rings. The molecule has 3 N–H and O–H groups in total. The van der Waals surface area contributed by atoms with Gasteiger partial charge in [-0.1, -0.05) is 24.3 Å². The van der Waals surface area contributed by atoms with Crippen LogP contribution in [-0.2, 0) is 0 Å². The fourth-order valence-electron chi connectivity index (χ4n) is 2.06. The Morgan fingerprint density at radius 1 is 1.00 bits per heavy atom. The van der Waals surface area contributed by atoms with Crippen LogP contribution in [0.25, 0.3) is 16.6 Å². The van der Waals surface area contributed by atoms with Gasteiger partial charge in [-0.15, -0.1) is 17.0 Å². The highest BCUT2D eigenvalue weighted by Crippen LogP contribution is 2.19. The minimum absolute atomic E-state index is 0. The average molecular weight is 319 g/mol. The maximum absolute atomic E-state index is 12.1. The van der Waals surface area contributed by atoms with E-state index >= 15 is 0 Å². The van der Waals surface area contributed by atoms with Crippen molar-refractivity contribution >= 4 is 33.6 Å². The van der Waals surface area contributed by atoms with Crippen LogP contribution in [0.2, 0.25) is 0 Å². The van der Waals surface area contributed by atoms with Gasteiger partial charge in [0.15, 0.2) is 12.4 Å². The molecule has 0 saturated carbocycles. The van der Waals surface area contributed by atoms with Crippen molar-refractivity contribution in [2.45, 2.75) is 0 Å². The molecule has 0 spiro atoms. The minimum Gasteiger partial charge on any atom is -0.393 e. The number of halogens is 1. The third kappa shape index (κ3) is 2.24. The first kappa shape index (κ1) is 13.3. The molecule has 0 bridgehead atoms. The number of nitrogen functional groups attached to an aromatic ring is 1. The molecule has 96 valence electrons. The number of benzene rings is 1. The summed E-state index contributed by atoms with van der Waals surface area (Å²) in [4.78, 5) is 14.9. The predicted molar refractivity (Wildman–Crippen MR) is 80.8 cm³/mol. The van der Waals surface area contributed by atoms with Gasteiger partial charge in [-0.3, -0.25) is 4.79 Å². The van der Waals surface area contributed by atoms with E-state index in [0.717, 1.165) is 10.9 Å². The number of hydrogen-bond donors (Lipinski definition) is 2. The van der Waals surface area contributed by atoms with Crippen LogP contribution in [0.5, 0.6) is 0 Å². The first-order valence-electron chi connectivity index (χ1n) is 5.64. The Morgan fingerprint density at radius 2 is 1.68 bits per heavy atom. The van der Waals surface area contributed by atoms with Gasteiger partial charge < -0.3 is 10.7 Å². The van der Waals surface area contributed by atoms with Crippen LogP contribution < -0.4 is 15.9 Å². The third-order valence-electron chi connectivity index (χ3n) is 2.91. The molecule has 0 aliphatic carbocycles. The van der Waals surface area contributed by atoms with E-state index in [1.165, 1.54) is 0 Å². The van der Waals surface area contributed by atoms with E-state index in [1.807, 2.05) is 42.5 Å². The van der Waals surface area contributed by atoms with Crippen molar-refractivity contribution in [3.8, 4) is 5.69 Å². The summed E-state index contributed by atoms with van der Waals surface area (Å²) in [5.74, 6) is 0. The van der Waals surface area contributed by atoms with Gasteiger partial charge in [-0.25, -0.2) is 0 Å². The molecule has 2 heterocycles. The molecule has 2 aromatic heterocycles. The van der Waals surface area contributed by atoms with Crippen molar-refractivity contribution in [1.29, 1.82) is 0 Å². The zero-order valence-electron chi connectivity index (χ0n) is 10.0. The minimum atomic E-state index is -0.192. The van der Waals surface area contributed by atoms with E-state index < -0.39 is 0 Å². The van der Waals surface area contributed by atoms with Crippen molar-refractivity contribution in [3.05, 3.63) is 65.2 Å². The number of nitrogens with two attached hydrogens (primary N) is 1. The molecule has 19 heavy (non-hydrogen) atoms. The van der Waals surface area contributed by atoms with E-state index in [2.05, 4.69) is 4.98 Å². The fraction of sp³-hybridized carbons (Fsp3) is 0. The van der Waals surface area contributed by atoms with Crippen LogP contribution in [0.4, 0.5) is 5.69 Å². The SMILES string of the molecule is Br.Nc1c(-[n+]2ccccc2)c(=O)[nH]c2ccccc12. The summed E-state index contributed by atoms with van der Waals surface area (Å²) in [5.41, 5.74) is 7.61. The van der Waals surface area contributed by atoms with Crippen LogP contribution >= 0.6 is 17.0 Å². The van der Waals surface area contributed by atoms with Crippen LogP contribution in [0.15, 0.2) is 59.7 Å². The summed E-state index contributed by atoms with van der Waals surface area (Å²) in [6, 6.07) is 13.1. The van der Waals surface area contributed by atoms with E-state index in [4.69, 9.17) is 5.73 Å². The van der Waals surface area contributed by atoms with Crippen molar-refractivity contribution < 1.29 is 4.57 Å². The Balaban J connectivity index is 0.00000133. The normalized spacial score (nSPS) is 10.1. The molecule has 0 radical (unpaired) electrons. The summed E-state index contributed by atoms with van der Waals surface area (Å²) >= 11 is 0. The van der Waals surface area contributed by atoms with Gasteiger partial charge in [-0.2, -0.15) is 4.57 Å². The number of H-pyrrole nitrogens is 1. The van der Waals surface area contributed by atoms with Crippen LogP contribution in [0.1, 0.15) is 0 Å². The first-order valence-corrected chi connectivity index (χ1v) is 5.64. The number of para-hydroxylation sites is 1. The highest BCUT2D eigenvalue weighted by Gasteiger charge is 2.18. The number of aromatic amines is 1. The summed E-state index contributed by atoms with van der Waals surface area (Å²) in [7, 11) is 0. The number of hydrogen-bond acceptors (Lipinski definition) is 2. The Bertz CT molecular complexity index is 768. The number of nitrogens with zero attached hydrogens (tertiary/aromatic N) is 1. The van der Waals surface area contributed by atoms with Crippen LogP contribution in [-0.4, -0.2) is 4.98 Å². The van der Waals surface area contributed by atoms with E-state index in [9.17, 15) is 4.79 Å². The maximum atomic E-state index is 12.1. The van der Waals surface area contributed by atoms with Gasteiger partial charge >= 0.3 is 5.56 Å². The van der Waals surface area contributed by atoms with Crippen molar-refractivity contribution in [3.63, 3.8) is 0 Å². The third-order valence-corrected chi connectivity index (χ3v) is 2.91. The number of nitrogens with one attached hydrogen (secondary N) is 1. The Morgan fingerprint density at radius 3 is 2.42 bits per heavy atom. The number of pyridine rings is 2. The smallest absolute Gasteiger partial charge is 0.323 e. The number of rotatable bonds is 1. The summed E-state index contributed by atoms with van der Waals surface area (Å²) in [6.45, 7) is 0. The molecule has 3 aromatic rings. The second-order valence-electron chi connectivity index (χ2n) is 4.04. The number of anilines is 1. The quantitative estimate of drug-likeness (QED) is 0.674. The molecule has 1 aromatic carbocycles. The van der Waals surface area contributed by atoms with Crippen molar-refractivity contribution in [2.24, 2.45) is 0 Å². The lowest BCUT2D eigenvalue weighted by Crippen LogP contribution is -2.37. The Labute approximate surface area is 120 Å². The standard InChI is InChI=1S/C14H11N3O.BrH/c15-12-10-6-2-3-7-11(10)16-14(18)13(12)17-8-4-1-5-9-17;/h1-9H,(H2-,15,16,18);1H/p+1. The van der Waals surface area contributed by atoms with Gasteiger partial charge in [-0.05, 0) is 6.07 Å². The second kappa shape index (κ2) is 5.24. The highest BCUT2D eigenvalue weighted by molar-refractivity contribution is 8.93. The molecule has 0 amide bonds. The topological polar surface area (TPSA) is 62.8 Å². The van der Waals surface area contributed by atoms with Crippen molar-refractivity contribution in [1.82, 2.24) is 4.98 Å². The molecule has 0 aliphatic rings. The van der Waals surface area contributed by atoms with Crippen molar-refractivity contribution in [2.75, 3.05) is 5.73 Å². The number of fused-ring (bicyclic) bond motifs is 1. The highest BCUT2D eigenvalue weighted by atomic mass is 79.9. The van der Waals surface area contributed by atoms with Crippen LogP contribution in [0, 0.1) is 0 Å². The van der Waals surface area contributed by atoms with Gasteiger partial charge in [0.25, 0.3) is 5.69 Å². The Hall–Kier alpha value is -2.14. The summed E-state index contributed by atoms with van der Waals surface area (Å²) < 4.78 is 1.72. The summed E-state index contributed by atoms with van der Waals surface area (Å²) in [5, 5.41) is 0.850. The van der Waals surface area contributed by atoms with E-state index in [-0.39, 0.29) is 22.5 Å². The molecule has 5 heteroatoms. The van der Waals surface area contributed by atoms with E-state index in [0.29, 0.717) is 11.4 Å². The van der Waals surface area contributed by atoms with E-state index in [1.54, 1.807) is 17.0 Å². The van der Waals surface area contributed by atoms with Gasteiger partial charge in [0.05, 0.1) is 5.52 Å². The molecule has 4 nitrogen and oxygen atoms in total. The lowest BCUT2D eigenvalue weighted by atomic mass is 10.1. The molecule has 3 rings (SSSR count). The molecular weight excluding hydrogens is 306 g/mol. The summed E-state index contributed by atoms with van der Waals surface area (Å²) in [6.07, 6.45) is 3.60.